The molecule has 0 aromatic heterocycles. The van der Waals surface area contributed by atoms with Crippen LogP contribution in [0, 0.1) is 17.7 Å². The van der Waals surface area contributed by atoms with E-state index in [9.17, 15) is 18.8 Å². The fourth-order valence-electron chi connectivity index (χ4n) is 4.54. The van der Waals surface area contributed by atoms with E-state index >= 15 is 0 Å². The minimum atomic E-state index is -0.534. The molecule has 2 rings (SSSR count). The maximum Gasteiger partial charge on any atom is 0.253 e. The molecule has 0 aliphatic rings. The van der Waals surface area contributed by atoms with E-state index in [0.717, 1.165) is 24.8 Å². The van der Waals surface area contributed by atoms with Gasteiger partial charge in [0, 0.05) is 48.8 Å². The van der Waals surface area contributed by atoms with E-state index in [-0.39, 0.29) is 29.5 Å². The number of hydrogen-bond donors (Lipinski definition) is 3. The molecule has 4 N–H and O–H groups in total. The molecule has 220 valence electrons. The number of rotatable bonds is 16. The lowest BCUT2D eigenvalue weighted by molar-refractivity contribution is -0.125. The van der Waals surface area contributed by atoms with Gasteiger partial charge >= 0.3 is 0 Å². The Morgan fingerprint density at radius 2 is 1.57 bits per heavy atom. The van der Waals surface area contributed by atoms with Crippen molar-refractivity contribution in [3.63, 3.8) is 0 Å². The lowest BCUT2D eigenvalue weighted by Gasteiger charge is -2.27. The summed E-state index contributed by atoms with van der Waals surface area (Å²) in [6.45, 7) is 12.0. The number of nitrogens with two attached hydrogens (primary N) is 1. The maximum atomic E-state index is 13.5. The molecule has 0 aliphatic heterocycles. The molecule has 0 bridgehead atoms. The Bertz CT molecular complexity index is 1090. The average molecular weight is 555 g/mol. The molecule has 0 heterocycles. The Hall–Kier alpha value is -3.26. The predicted octanol–water partition coefficient (Wildman–Crippen LogP) is 4.94. The van der Waals surface area contributed by atoms with Crippen LogP contribution >= 0.6 is 0 Å². The van der Waals surface area contributed by atoms with Crippen LogP contribution in [0.4, 0.5) is 4.39 Å². The molecule has 8 heteroatoms. The summed E-state index contributed by atoms with van der Waals surface area (Å²) in [7, 11) is 0. The zero-order valence-corrected chi connectivity index (χ0v) is 24.7. The van der Waals surface area contributed by atoms with E-state index in [1.54, 1.807) is 41.3 Å². The lowest BCUT2D eigenvalue weighted by Crippen LogP contribution is -2.50. The third-order valence-corrected chi connectivity index (χ3v) is 7.24. The van der Waals surface area contributed by atoms with Gasteiger partial charge in [-0.15, -0.1) is 0 Å². The molecule has 0 saturated carbocycles. The molecule has 3 amide bonds. The van der Waals surface area contributed by atoms with E-state index < -0.39 is 12.1 Å². The second-order valence-electron chi connectivity index (χ2n) is 10.8. The fourth-order valence-corrected chi connectivity index (χ4v) is 4.54. The van der Waals surface area contributed by atoms with Gasteiger partial charge in [0.15, 0.2) is 0 Å². The molecule has 0 saturated heterocycles. The summed E-state index contributed by atoms with van der Waals surface area (Å²) < 4.78 is 13.5. The van der Waals surface area contributed by atoms with Gasteiger partial charge in [0.25, 0.3) is 11.8 Å². The fraction of sp³-hybridized carbons (Fsp3) is 0.531. The zero-order valence-electron chi connectivity index (χ0n) is 24.7. The minimum Gasteiger partial charge on any atom is -0.356 e. The summed E-state index contributed by atoms with van der Waals surface area (Å²) in [6, 6.07) is 11.7. The van der Waals surface area contributed by atoms with Crippen LogP contribution in [0.15, 0.2) is 48.5 Å². The molecule has 0 aliphatic carbocycles. The van der Waals surface area contributed by atoms with Gasteiger partial charge in [-0.25, -0.2) is 4.39 Å². The number of nitrogens with one attached hydrogen (secondary N) is 2. The number of nitrogens with zero attached hydrogens (tertiary/aromatic N) is 1. The standard InChI is InChI=1S/C32H47FN4O3/c1-6-16-37(17-7-2)32(40)26-11-9-10-25(20-26)31(39)36-29(19-24-12-14-27(33)15-13-24)28(34)18-23(5)30(38)35-21-22(4)8-3/h9-15,20,22-23,28-29H,6-8,16-19,21,34H2,1-5H3,(H,35,38)(H,36,39)/t22-,23+,28-,29-/m0/s1. The van der Waals surface area contributed by atoms with Crippen molar-refractivity contribution in [2.24, 2.45) is 17.6 Å². The van der Waals surface area contributed by atoms with Crippen LogP contribution in [0.2, 0.25) is 0 Å². The van der Waals surface area contributed by atoms with E-state index in [4.69, 9.17) is 5.73 Å². The van der Waals surface area contributed by atoms with Crippen LogP contribution in [-0.2, 0) is 11.2 Å². The topological polar surface area (TPSA) is 105 Å². The quantitative estimate of drug-likeness (QED) is 0.273. The normalized spacial score (nSPS) is 14.1. The van der Waals surface area contributed by atoms with E-state index in [1.807, 2.05) is 20.8 Å². The summed E-state index contributed by atoms with van der Waals surface area (Å²) >= 11 is 0. The first-order chi connectivity index (χ1) is 19.1. The molecule has 7 nitrogen and oxygen atoms in total. The van der Waals surface area contributed by atoms with Crippen LogP contribution in [0.25, 0.3) is 0 Å². The van der Waals surface area contributed by atoms with Crippen molar-refractivity contribution in [3.8, 4) is 0 Å². The van der Waals surface area contributed by atoms with Crippen LogP contribution < -0.4 is 16.4 Å². The summed E-state index contributed by atoms with van der Waals surface area (Å²) in [4.78, 5) is 41.0. The highest BCUT2D eigenvalue weighted by atomic mass is 19.1. The van der Waals surface area contributed by atoms with E-state index in [1.165, 1.54) is 12.1 Å². The smallest absolute Gasteiger partial charge is 0.253 e. The first kappa shape index (κ1) is 32.9. The Morgan fingerprint density at radius 3 is 2.17 bits per heavy atom. The Morgan fingerprint density at radius 1 is 0.950 bits per heavy atom. The molecule has 0 radical (unpaired) electrons. The average Bonchev–Trinajstić information content (AvgIpc) is 2.95. The molecular formula is C32H47FN4O3. The SMILES string of the molecule is CCCN(CCC)C(=O)c1cccc(C(=O)N[C@@H](Cc2ccc(F)cc2)[C@@H](N)C[C@@H](C)C(=O)NC[C@@H](C)CC)c1. The van der Waals surface area contributed by atoms with Crippen molar-refractivity contribution in [1.29, 1.82) is 0 Å². The van der Waals surface area contributed by atoms with Crippen molar-refractivity contribution >= 4 is 17.7 Å². The molecule has 0 spiro atoms. The number of carbonyl (C=O) groups excluding carboxylic acids is 3. The molecule has 2 aromatic carbocycles. The van der Waals surface area contributed by atoms with Gasteiger partial charge in [-0.2, -0.15) is 0 Å². The van der Waals surface area contributed by atoms with Gasteiger partial charge in [0.2, 0.25) is 5.91 Å². The van der Waals surface area contributed by atoms with Crippen molar-refractivity contribution in [3.05, 3.63) is 71.0 Å². The lowest BCUT2D eigenvalue weighted by atomic mass is 9.91. The van der Waals surface area contributed by atoms with Gasteiger partial charge < -0.3 is 21.3 Å². The molecule has 0 fully saturated rings. The Kier molecular flexibility index (Phi) is 13.8. The highest BCUT2D eigenvalue weighted by Gasteiger charge is 2.26. The first-order valence-corrected chi connectivity index (χ1v) is 14.6. The zero-order chi connectivity index (χ0) is 29.7. The molecule has 4 atom stereocenters. The second-order valence-corrected chi connectivity index (χ2v) is 10.8. The number of amides is 3. The van der Waals surface area contributed by atoms with Crippen molar-refractivity contribution < 1.29 is 18.8 Å². The third kappa shape index (κ3) is 10.4. The highest BCUT2D eigenvalue weighted by Crippen LogP contribution is 2.16. The monoisotopic (exact) mass is 554 g/mol. The summed E-state index contributed by atoms with van der Waals surface area (Å²) in [5, 5.41) is 6.02. The molecular weight excluding hydrogens is 507 g/mol. The van der Waals surface area contributed by atoms with E-state index in [0.29, 0.717) is 49.5 Å². The maximum absolute atomic E-state index is 13.5. The van der Waals surface area contributed by atoms with Crippen molar-refractivity contribution in [1.82, 2.24) is 15.5 Å². The van der Waals surface area contributed by atoms with E-state index in [2.05, 4.69) is 24.5 Å². The first-order valence-electron chi connectivity index (χ1n) is 14.6. The van der Waals surface area contributed by atoms with Crippen LogP contribution in [0.3, 0.4) is 0 Å². The highest BCUT2D eigenvalue weighted by molar-refractivity contribution is 5.99. The van der Waals surface area contributed by atoms with Crippen molar-refractivity contribution in [2.45, 2.75) is 78.8 Å². The van der Waals surface area contributed by atoms with Crippen molar-refractivity contribution in [2.75, 3.05) is 19.6 Å². The molecule has 0 unspecified atom stereocenters. The predicted molar refractivity (Wildman–Crippen MR) is 159 cm³/mol. The van der Waals surface area contributed by atoms with Gasteiger partial charge in [0.05, 0.1) is 0 Å². The second kappa shape index (κ2) is 16.8. The summed E-state index contributed by atoms with van der Waals surface area (Å²) in [5.74, 6) is -0.844. The summed E-state index contributed by atoms with van der Waals surface area (Å²) in [5.41, 5.74) is 8.23. The Labute approximate surface area is 239 Å². The Balaban J connectivity index is 2.21. The number of halogens is 1. The van der Waals surface area contributed by atoms with Gasteiger partial charge in [-0.1, -0.05) is 59.2 Å². The van der Waals surface area contributed by atoms with Gasteiger partial charge in [0.1, 0.15) is 5.82 Å². The molecule has 2 aromatic rings. The van der Waals surface area contributed by atoms with Gasteiger partial charge in [-0.05, 0) is 67.5 Å². The summed E-state index contributed by atoms with van der Waals surface area (Å²) in [6.07, 6.45) is 3.40. The largest absolute Gasteiger partial charge is 0.356 e. The van der Waals surface area contributed by atoms with Gasteiger partial charge in [-0.3, -0.25) is 14.4 Å². The van der Waals surface area contributed by atoms with Crippen LogP contribution in [0.5, 0.6) is 0 Å². The van der Waals surface area contributed by atoms with Crippen LogP contribution in [0.1, 0.15) is 86.6 Å². The number of benzene rings is 2. The molecule has 40 heavy (non-hydrogen) atoms. The number of carbonyl (C=O) groups is 3. The number of hydrogen-bond acceptors (Lipinski definition) is 4. The minimum absolute atomic E-state index is 0.0717. The third-order valence-electron chi connectivity index (χ3n) is 7.24. The van der Waals surface area contributed by atoms with Crippen LogP contribution in [-0.4, -0.2) is 54.3 Å².